The second kappa shape index (κ2) is 6.24. The number of para-hydroxylation sites is 1. The quantitative estimate of drug-likeness (QED) is 0.724. The van der Waals surface area contributed by atoms with E-state index in [2.05, 4.69) is 0 Å². The molecule has 1 aromatic carbocycles. The van der Waals surface area contributed by atoms with Crippen LogP contribution in [0.3, 0.4) is 0 Å². The SMILES string of the molecule is COC(=O)C(N)(COc1ccccc1CCO)C1CC1. The van der Waals surface area contributed by atoms with Gasteiger partial charge in [-0.3, -0.25) is 0 Å². The smallest absolute Gasteiger partial charge is 0.329 e. The van der Waals surface area contributed by atoms with Crippen LogP contribution < -0.4 is 10.5 Å². The van der Waals surface area contributed by atoms with Crippen molar-refractivity contribution in [1.82, 2.24) is 0 Å². The van der Waals surface area contributed by atoms with E-state index >= 15 is 0 Å². The molecule has 0 amide bonds. The summed E-state index contributed by atoms with van der Waals surface area (Å²) in [6, 6.07) is 7.44. The molecule has 0 saturated heterocycles. The number of rotatable bonds is 7. The van der Waals surface area contributed by atoms with Gasteiger partial charge in [0, 0.05) is 6.61 Å². The van der Waals surface area contributed by atoms with Crippen LogP contribution in [0.15, 0.2) is 24.3 Å². The lowest BCUT2D eigenvalue weighted by Gasteiger charge is -2.26. The summed E-state index contributed by atoms with van der Waals surface area (Å²) in [5, 5.41) is 9.04. The number of esters is 1. The standard InChI is InChI=1S/C15H21NO4/c1-19-14(18)15(16,12-6-7-12)10-20-13-5-3-2-4-11(13)8-9-17/h2-5,12,17H,6-10,16H2,1H3. The monoisotopic (exact) mass is 279 g/mol. The Kier molecular flexibility index (Phi) is 4.62. The fraction of sp³-hybridized carbons (Fsp3) is 0.533. The van der Waals surface area contributed by atoms with Gasteiger partial charge in [0.25, 0.3) is 0 Å². The highest BCUT2D eigenvalue weighted by molar-refractivity contribution is 5.81. The highest BCUT2D eigenvalue weighted by atomic mass is 16.5. The van der Waals surface area contributed by atoms with Gasteiger partial charge >= 0.3 is 5.97 Å². The number of hydrogen-bond donors (Lipinski definition) is 2. The minimum atomic E-state index is -1.08. The fourth-order valence-electron chi connectivity index (χ4n) is 2.30. The summed E-state index contributed by atoms with van der Waals surface area (Å²) in [6.07, 6.45) is 2.36. The number of carbonyl (C=O) groups is 1. The lowest BCUT2D eigenvalue weighted by Crippen LogP contribution is -2.55. The van der Waals surface area contributed by atoms with Gasteiger partial charge in [0.1, 0.15) is 12.4 Å². The fourth-order valence-corrected chi connectivity index (χ4v) is 2.30. The van der Waals surface area contributed by atoms with Crippen molar-refractivity contribution < 1.29 is 19.4 Å². The predicted molar refractivity (Wildman–Crippen MR) is 74.4 cm³/mol. The number of hydrogen-bond acceptors (Lipinski definition) is 5. The summed E-state index contributed by atoms with van der Waals surface area (Å²) in [4.78, 5) is 11.9. The first-order valence-electron chi connectivity index (χ1n) is 6.80. The van der Waals surface area contributed by atoms with Gasteiger partial charge in [0.05, 0.1) is 7.11 Å². The zero-order chi connectivity index (χ0) is 14.6. The third-order valence-electron chi connectivity index (χ3n) is 3.69. The molecule has 0 heterocycles. The van der Waals surface area contributed by atoms with Crippen molar-refractivity contribution >= 4 is 5.97 Å². The molecule has 0 bridgehead atoms. The molecule has 2 rings (SSSR count). The Labute approximate surface area is 118 Å². The number of nitrogens with two attached hydrogens (primary N) is 1. The summed E-state index contributed by atoms with van der Waals surface area (Å²) in [7, 11) is 1.34. The molecule has 20 heavy (non-hydrogen) atoms. The van der Waals surface area contributed by atoms with Crippen molar-refractivity contribution in [3.63, 3.8) is 0 Å². The maximum absolute atomic E-state index is 11.9. The number of methoxy groups -OCH3 is 1. The normalized spacial score (nSPS) is 17.4. The minimum Gasteiger partial charge on any atom is -0.491 e. The number of benzene rings is 1. The number of carbonyl (C=O) groups excluding carboxylic acids is 1. The van der Waals surface area contributed by atoms with Crippen molar-refractivity contribution in [2.75, 3.05) is 20.3 Å². The highest BCUT2D eigenvalue weighted by Crippen LogP contribution is 2.39. The molecule has 0 aromatic heterocycles. The van der Waals surface area contributed by atoms with E-state index in [0.29, 0.717) is 12.2 Å². The Hall–Kier alpha value is -1.59. The van der Waals surface area contributed by atoms with Crippen LogP contribution >= 0.6 is 0 Å². The van der Waals surface area contributed by atoms with E-state index in [1.807, 2.05) is 24.3 Å². The topological polar surface area (TPSA) is 81.8 Å². The Morgan fingerprint density at radius 3 is 2.75 bits per heavy atom. The van der Waals surface area contributed by atoms with E-state index in [-0.39, 0.29) is 19.1 Å². The van der Waals surface area contributed by atoms with Crippen LogP contribution in [0.25, 0.3) is 0 Å². The molecule has 3 N–H and O–H groups in total. The molecule has 1 aromatic rings. The molecule has 5 heteroatoms. The molecule has 1 saturated carbocycles. The van der Waals surface area contributed by atoms with Crippen molar-refractivity contribution in [2.45, 2.75) is 24.8 Å². The van der Waals surface area contributed by atoms with Crippen LogP contribution in [0.1, 0.15) is 18.4 Å². The molecule has 110 valence electrons. The van der Waals surface area contributed by atoms with Gasteiger partial charge in [-0.2, -0.15) is 0 Å². The zero-order valence-electron chi connectivity index (χ0n) is 11.7. The van der Waals surface area contributed by atoms with Crippen molar-refractivity contribution in [3.8, 4) is 5.75 Å². The molecule has 0 radical (unpaired) electrons. The molecule has 0 spiro atoms. The summed E-state index contributed by atoms with van der Waals surface area (Å²) in [5.41, 5.74) is 6.00. The van der Waals surface area contributed by atoms with Gasteiger partial charge in [-0.25, -0.2) is 4.79 Å². The summed E-state index contributed by atoms with van der Waals surface area (Å²) in [5.74, 6) is 0.348. The maximum Gasteiger partial charge on any atom is 0.329 e. The van der Waals surface area contributed by atoms with E-state index in [9.17, 15) is 4.79 Å². The van der Waals surface area contributed by atoms with Crippen LogP contribution in [0, 0.1) is 5.92 Å². The van der Waals surface area contributed by atoms with Crippen LogP contribution in [-0.4, -0.2) is 36.9 Å². The van der Waals surface area contributed by atoms with Gasteiger partial charge in [-0.1, -0.05) is 18.2 Å². The van der Waals surface area contributed by atoms with Crippen LogP contribution in [0.4, 0.5) is 0 Å². The largest absolute Gasteiger partial charge is 0.491 e. The van der Waals surface area contributed by atoms with Gasteiger partial charge in [-0.15, -0.1) is 0 Å². The first-order chi connectivity index (χ1) is 9.61. The first-order valence-corrected chi connectivity index (χ1v) is 6.80. The molecular formula is C15H21NO4. The zero-order valence-corrected chi connectivity index (χ0v) is 11.7. The average Bonchev–Trinajstić information content (AvgIpc) is 3.30. The molecule has 0 aliphatic heterocycles. The maximum atomic E-state index is 11.9. The van der Waals surface area contributed by atoms with E-state index in [0.717, 1.165) is 18.4 Å². The minimum absolute atomic E-state index is 0.0494. The van der Waals surface area contributed by atoms with Crippen LogP contribution in [0.2, 0.25) is 0 Å². The van der Waals surface area contributed by atoms with Crippen LogP contribution in [-0.2, 0) is 16.0 Å². The lowest BCUT2D eigenvalue weighted by molar-refractivity contribution is -0.149. The lowest BCUT2D eigenvalue weighted by atomic mass is 9.96. The van der Waals surface area contributed by atoms with Gasteiger partial charge in [0.2, 0.25) is 0 Å². The summed E-state index contributed by atoms with van der Waals surface area (Å²) < 4.78 is 10.5. The molecule has 5 nitrogen and oxygen atoms in total. The Balaban J connectivity index is 2.08. The van der Waals surface area contributed by atoms with E-state index in [1.54, 1.807) is 0 Å². The van der Waals surface area contributed by atoms with E-state index < -0.39 is 11.5 Å². The third-order valence-corrected chi connectivity index (χ3v) is 3.69. The predicted octanol–water partition coefficient (Wildman–Crippen LogP) is 0.881. The summed E-state index contributed by atoms with van der Waals surface area (Å²) >= 11 is 0. The van der Waals surface area contributed by atoms with Crippen molar-refractivity contribution in [3.05, 3.63) is 29.8 Å². The Morgan fingerprint density at radius 1 is 1.45 bits per heavy atom. The molecule has 1 aliphatic carbocycles. The average molecular weight is 279 g/mol. The molecule has 1 fully saturated rings. The van der Waals surface area contributed by atoms with Gasteiger partial charge < -0.3 is 20.3 Å². The Morgan fingerprint density at radius 2 is 2.15 bits per heavy atom. The first kappa shape index (κ1) is 14.8. The van der Waals surface area contributed by atoms with Crippen molar-refractivity contribution in [1.29, 1.82) is 0 Å². The number of aliphatic hydroxyl groups is 1. The molecule has 1 atom stereocenters. The van der Waals surface area contributed by atoms with Gasteiger partial charge in [0.15, 0.2) is 5.54 Å². The van der Waals surface area contributed by atoms with E-state index in [4.69, 9.17) is 20.3 Å². The number of ether oxygens (including phenoxy) is 2. The highest BCUT2D eigenvalue weighted by Gasteiger charge is 2.49. The second-order valence-electron chi connectivity index (χ2n) is 5.18. The van der Waals surface area contributed by atoms with Crippen LogP contribution in [0.5, 0.6) is 5.75 Å². The third kappa shape index (κ3) is 3.11. The van der Waals surface area contributed by atoms with Crippen molar-refractivity contribution in [2.24, 2.45) is 11.7 Å². The van der Waals surface area contributed by atoms with Gasteiger partial charge in [-0.05, 0) is 36.8 Å². The van der Waals surface area contributed by atoms with E-state index in [1.165, 1.54) is 7.11 Å². The Bertz CT molecular complexity index is 473. The molecule has 1 unspecified atom stereocenters. The number of aliphatic hydroxyl groups excluding tert-OH is 1. The second-order valence-corrected chi connectivity index (χ2v) is 5.18. The molecule has 1 aliphatic rings. The molecular weight excluding hydrogens is 258 g/mol. The summed E-state index contributed by atoms with van der Waals surface area (Å²) in [6.45, 7) is 0.139.